The molecule has 3 aromatic rings. The van der Waals surface area contributed by atoms with Crippen LogP contribution in [0, 0.1) is 6.92 Å². The zero-order chi connectivity index (χ0) is 23.4. The lowest BCUT2D eigenvalue weighted by Crippen LogP contribution is -2.32. The molecule has 1 aliphatic carbocycles. The highest BCUT2D eigenvalue weighted by atomic mass is 35.5. The van der Waals surface area contributed by atoms with Gasteiger partial charge in [0, 0.05) is 16.6 Å². The molecule has 0 heterocycles. The van der Waals surface area contributed by atoms with Crippen LogP contribution in [0.3, 0.4) is 0 Å². The maximum Gasteiger partial charge on any atom is 0.264 e. The molecule has 0 unspecified atom stereocenters. The zero-order valence-corrected chi connectivity index (χ0v) is 20.1. The van der Waals surface area contributed by atoms with E-state index in [1.807, 2.05) is 13.0 Å². The van der Waals surface area contributed by atoms with Gasteiger partial charge < -0.3 is 5.32 Å². The number of carbonyl (C=O) groups excluding carboxylic acids is 1. The summed E-state index contributed by atoms with van der Waals surface area (Å²) in [5, 5.41) is 3.54. The van der Waals surface area contributed by atoms with Gasteiger partial charge in [0.2, 0.25) is 0 Å². The van der Waals surface area contributed by atoms with Crippen molar-refractivity contribution in [3.8, 4) is 0 Å². The maximum atomic E-state index is 13.6. The molecule has 0 radical (unpaired) electrons. The second-order valence-corrected chi connectivity index (χ2v) is 10.7. The Labute approximate surface area is 200 Å². The lowest BCUT2D eigenvalue weighted by atomic mass is 10.1. The summed E-state index contributed by atoms with van der Waals surface area (Å²) in [6.07, 6.45) is 4.35. The predicted octanol–water partition coefficient (Wildman–Crippen LogP) is 5.72. The summed E-state index contributed by atoms with van der Waals surface area (Å²) < 4.78 is 28.5. The van der Waals surface area contributed by atoms with Gasteiger partial charge in [0.25, 0.3) is 15.9 Å². The Morgan fingerprint density at radius 2 is 1.67 bits per heavy atom. The fourth-order valence-electron chi connectivity index (χ4n) is 4.14. The van der Waals surface area contributed by atoms with Gasteiger partial charge in [-0.1, -0.05) is 60.8 Å². The summed E-state index contributed by atoms with van der Waals surface area (Å²) in [7, 11) is -3.84. The summed E-state index contributed by atoms with van der Waals surface area (Å²) in [6, 6.07) is 20.9. The summed E-state index contributed by atoms with van der Waals surface area (Å²) in [4.78, 5) is 12.8. The van der Waals surface area contributed by atoms with Gasteiger partial charge in [-0.05, 0) is 67.3 Å². The highest BCUT2D eigenvalue weighted by Crippen LogP contribution is 2.31. The third-order valence-electron chi connectivity index (χ3n) is 6.00. The number of benzene rings is 3. The van der Waals surface area contributed by atoms with E-state index in [2.05, 4.69) is 5.32 Å². The molecule has 0 spiro atoms. The first-order chi connectivity index (χ1) is 15.8. The summed E-state index contributed by atoms with van der Waals surface area (Å²) in [6.45, 7) is 1.97. The molecule has 0 bridgehead atoms. The summed E-state index contributed by atoms with van der Waals surface area (Å²) >= 11 is 6.22. The number of aryl methyl sites for hydroxylation is 1. The van der Waals surface area contributed by atoms with Gasteiger partial charge in [-0.15, -0.1) is 0 Å². The van der Waals surface area contributed by atoms with E-state index < -0.39 is 10.0 Å². The first-order valence-electron chi connectivity index (χ1n) is 11.1. The Morgan fingerprint density at radius 1 is 1.00 bits per heavy atom. The molecule has 1 amide bonds. The molecule has 0 aromatic heterocycles. The average molecular weight is 483 g/mol. The third kappa shape index (κ3) is 5.40. The molecule has 4 rings (SSSR count). The molecule has 1 saturated carbocycles. The Hall–Kier alpha value is -2.83. The molecule has 1 fully saturated rings. The summed E-state index contributed by atoms with van der Waals surface area (Å²) in [5.74, 6) is -0.0899. The number of rotatable bonds is 7. The van der Waals surface area contributed by atoms with Gasteiger partial charge in [-0.2, -0.15) is 0 Å². The van der Waals surface area contributed by atoms with Crippen molar-refractivity contribution in [2.75, 3.05) is 4.31 Å². The number of halogens is 1. The first-order valence-corrected chi connectivity index (χ1v) is 12.9. The standard InChI is InChI=1S/C26H27ClN2O3S/c1-19-11-16-22(27)17-25(19)29(33(31,32)24-9-3-2-4-10-24)18-20-12-14-21(15-13-20)26(30)28-23-7-5-6-8-23/h2-4,9-17,23H,5-8,18H2,1H3,(H,28,30). The maximum absolute atomic E-state index is 13.6. The van der Waals surface area contributed by atoms with Gasteiger partial charge in [0.05, 0.1) is 17.1 Å². The Kier molecular flexibility index (Phi) is 7.05. The van der Waals surface area contributed by atoms with Gasteiger partial charge in [0.15, 0.2) is 0 Å². The van der Waals surface area contributed by atoms with Crippen LogP contribution >= 0.6 is 11.6 Å². The smallest absolute Gasteiger partial charge is 0.264 e. The minimum atomic E-state index is -3.84. The highest BCUT2D eigenvalue weighted by Gasteiger charge is 2.27. The van der Waals surface area contributed by atoms with Crippen molar-refractivity contribution in [1.29, 1.82) is 0 Å². The molecule has 0 aliphatic heterocycles. The molecule has 3 aromatic carbocycles. The van der Waals surface area contributed by atoms with Crippen molar-refractivity contribution >= 4 is 33.2 Å². The molecular weight excluding hydrogens is 456 g/mol. The van der Waals surface area contributed by atoms with Crippen molar-refractivity contribution in [3.05, 3.63) is 94.5 Å². The average Bonchev–Trinajstić information content (AvgIpc) is 3.33. The van der Waals surface area contributed by atoms with Crippen molar-refractivity contribution in [3.63, 3.8) is 0 Å². The number of hydrogen-bond acceptors (Lipinski definition) is 3. The van der Waals surface area contributed by atoms with E-state index >= 15 is 0 Å². The molecule has 5 nitrogen and oxygen atoms in total. The first kappa shape index (κ1) is 23.3. The number of nitrogens with zero attached hydrogens (tertiary/aromatic N) is 1. The van der Waals surface area contributed by atoms with Crippen molar-refractivity contribution in [2.24, 2.45) is 0 Å². The van der Waals surface area contributed by atoms with E-state index in [1.54, 1.807) is 66.7 Å². The van der Waals surface area contributed by atoms with Crippen LogP contribution in [-0.4, -0.2) is 20.4 Å². The second kappa shape index (κ2) is 9.98. The topological polar surface area (TPSA) is 66.5 Å². The molecule has 0 atom stereocenters. The number of carbonyl (C=O) groups is 1. The van der Waals surface area contributed by atoms with E-state index in [0.29, 0.717) is 16.3 Å². The zero-order valence-electron chi connectivity index (χ0n) is 18.5. The molecular formula is C26H27ClN2O3S. The van der Waals surface area contributed by atoms with Gasteiger partial charge in [-0.3, -0.25) is 9.10 Å². The Morgan fingerprint density at radius 3 is 2.33 bits per heavy atom. The fraction of sp³-hybridized carbons (Fsp3) is 0.269. The summed E-state index contributed by atoms with van der Waals surface area (Å²) in [5.41, 5.74) is 2.66. The Balaban J connectivity index is 1.63. The van der Waals surface area contributed by atoms with Crippen LogP contribution in [0.4, 0.5) is 5.69 Å². The van der Waals surface area contributed by atoms with E-state index in [4.69, 9.17) is 11.6 Å². The quantitative estimate of drug-likeness (QED) is 0.468. The molecule has 1 aliphatic rings. The third-order valence-corrected chi connectivity index (χ3v) is 8.01. The second-order valence-electron chi connectivity index (χ2n) is 8.41. The number of hydrogen-bond donors (Lipinski definition) is 1. The van der Waals surface area contributed by atoms with Crippen LogP contribution in [0.1, 0.15) is 47.2 Å². The molecule has 7 heteroatoms. The highest BCUT2D eigenvalue weighted by molar-refractivity contribution is 7.92. The van der Waals surface area contributed by atoms with Crippen LogP contribution in [0.2, 0.25) is 5.02 Å². The SMILES string of the molecule is Cc1ccc(Cl)cc1N(Cc1ccc(C(=O)NC2CCCC2)cc1)S(=O)(=O)c1ccccc1. The Bertz CT molecular complexity index is 1220. The van der Waals surface area contributed by atoms with E-state index in [-0.39, 0.29) is 23.4 Å². The van der Waals surface area contributed by atoms with Gasteiger partial charge in [0.1, 0.15) is 0 Å². The largest absolute Gasteiger partial charge is 0.349 e. The van der Waals surface area contributed by atoms with Gasteiger partial charge >= 0.3 is 0 Å². The van der Waals surface area contributed by atoms with Crippen LogP contribution in [0.25, 0.3) is 0 Å². The minimum Gasteiger partial charge on any atom is -0.349 e. The van der Waals surface area contributed by atoms with Crippen LogP contribution in [0.5, 0.6) is 0 Å². The number of amides is 1. The van der Waals surface area contributed by atoms with Gasteiger partial charge in [-0.25, -0.2) is 8.42 Å². The number of anilines is 1. The van der Waals surface area contributed by atoms with E-state index in [1.165, 1.54) is 4.31 Å². The lowest BCUT2D eigenvalue weighted by Gasteiger charge is -2.26. The van der Waals surface area contributed by atoms with Crippen LogP contribution in [0.15, 0.2) is 77.7 Å². The minimum absolute atomic E-state index is 0.0899. The fourth-order valence-corrected chi connectivity index (χ4v) is 5.83. The normalized spacial score (nSPS) is 14.2. The van der Waals surface area contributed by atoms with E-state index in [9.17, 15) is 13.2 Å². The lowest BCUT2D eigenvalue weighted by molar-refractivity contribution is 0.0938. The predicted molar refractivity (Wildman–Crippen MR) is 132 cm³/mol. The monoisotopic (exact) mass is 482 g/mol. The van der Waals surface area contributed by atoms with Crippen molar-refractivity contribution in [2.45, 2.75) is 50.1 Å². The van der Waals surface area contributed by atoms with Crippen LogP contribution in [-0.2, 0) is 16.6 Å². The van der Waals surface area contributed by atoms with Crippen LogP contribution < -0.4 is 9.62 Å². The molecule has 1 N–H and O–H groups in total. The number of sulfonamides is 1. The molecule has 33 heavy (non-hydrogen) atoms. The van der Waals surface area contributed by atoms with E-state index in [0.717, 1.165) is 36.8 Å². The molecule has 172 valence electrons. The van der Waals surface area contributed by atoms with Crippen molar-refractivity contribution < 1.29 is 13.2 Å². The number of nitrogens with one attached hydrogen (secondary N) is 1. The van der Waals surface area contributed by atoms with Crippen molar-refractivity contribution in [1.82, 2.24) is 5.32 Å². The molecule has 0 saturated heterocycles.